The molecule has 0 saturated carbocycles. The number of benzene rings is 1. The monoisotopic (exact) mass is 319 g/mol. The summed E-state index contributed by atoms with van der Waals surface area (Å²) in [6.07, 6.45) is 1.37. The lowest BCUT2D eigenvalue weighted by molar-refractivity contribution is 0.173. The summed E-state index contributed by atoms with van der Waals surface area (Å²) in [6.45, 7) is 3.49. The highest BCUT2D eigenvalue weighted by molar-refractivity contribution is 7.89. The molecule has 0 aliphatic carbocycles. The van der Waals surface area contributed by atoms with Crippen molar-refractivity contribution >= 4 is 20.8 Å². The zero-order valence-electron chi connectivity index (χ0n) is 11.9. The maximum Gasteiger partial charge on any atom is 0.240 e. The van der Waals surface area contributed by atoms with Crippen molar-refractivity contribution in [2.45, 2.75) is 37.3 Å². The number of rotatable bonds is 7. The van der Waals surface area contributed by atoms with Gasteiger partial charge in [0.2, 0.25) is 10.0 Å². The Balaban J connectivity index is 2.95. The van der Waals surface area contributed by atoms with Crippen LogP contribution in [0.2, 0.25) is 0 Å². The van der Waals surface area contributed by atoms with E-state index in [1.807, 2.05) is 6.92 Å². The summed E-state index contributed by atoms with van der Waals surface area (Å²) in [5.41, 5.74) is 0.571. The molecule has 3 unspecified atom stereocenters. The van der Waals surface area contributed by atoms with Gasteiger partial charge in [-0.2, -0.15) is 0 Å². The van der Waals surface area contributed by atoms with Crippen LogP contribution in [0.5, 0.6) is 0 Å². The van der Waals surface area contributed by atoms with E-state index in [9.17, 15) is 17.7 Å². The van der Waals surface area contributed by atoms with Crippen molar-refractivity contribution in [3.63, 3.8) is 0 Å². The van der Waals surface area contributed by atoms with E-state index in [1.54, 1.807) is 19.1 Å². The first-order valence-electron chi connectivity index (χ1n) is 6.36. The van der Waals surface area contributed by atoms with Gasteiger partial charge in [-0.25, -0.2) is 13.1 Å². The third-order valence-electron chi connectivity index (χ3n) is 2.78. The van der Waals surface area contributed by atoms with Crippen LogP contribution >= 0.6 is 0 Å². The Morgan fingerprint density at radius 2 is 2.05 bits per heavy atom. The third-order valence-corrected chi connectivity index (χ3v) is 5.34. The minimum atomic E-state index is -3.66. The van der Waals surface area contributed by atoms with Crippen LogP contribution in [0.4, 0.5) is 0 Å². The highest BCUT2D eigenvalue weighted by atomic mass is 32.2. The van der Waals surface area contributed by atoms with Gasteiger partial charge in [-0.15, -0.1) is 0 Å². The van der Waals surface area contributed by atoms with Gasteiger partial charge < -0.3 is 5.11 Å². The average Bonchev–Trinajstić information content (AvgIpc) is 2.36. The number of aliphatic hydroxyl groups excluding tert-OH is 1. The SMILES string of the molecule is CCC(O)c1cccc(S(=O)(=O)NC(C)CS(C)=O)c1. The Kier molecular flexibility index (Phi) is 6.32. The molecule has 0 fully saturated rings. The Hall–Kier alpha value is -0.760. The number of hydrogen-bond donors (Lipinski definition) is 2. The first-order valence-corrected chi connectivity index (χ1v) is 9.57. The van der Waals surface area contributed by atoms with Crippen molar-refractivity contribution in [1.29, 1.82) is 0 Å². The minimum Gasteiger partial charge on any atom is -0.388 e. The van der Waals surface area contributed by atoms with Gasteiger partial charge in [-0.3, -0.25) is 4.21 Å². The normalized spacial score (nSPS) is 16.6. The number of nitrogens with one attached hydrogen (secondary N) is 1. The molecule has 0 amide bonds. The number of aliphatic hydroxyl groups is 1. The fraction of sp³-hybridized carbons (Fsp3) is 0.538. The highest BCUT2D eigenvalue weighted by Gasteiger charge is 2.19. The molecule has 1 rings (SSSR count). The van der Waals surface area contributed by atoms with Crippen LogP contribution in [0, 0.1) is 0 Å². The molecule has 7 heteroatoms. The zero-order chi connectivity index (χ0) is 15.3. The molecule has 0 bridgehead atoms. The summed E-state index contributed by atoms with van der Waals surface area (Å²) in [7, 11) is -4.73. The molecule has 3 atom stereocenters. The van der Waals surface area contributed by atoms with Crippen LogP contribution in [0.1, 0.15) is 31.9 Å². The van der Waals surface area contributed by atoms with Crippen LogP contribution < -0.4 is 4.72 Å². The molecular weight excluding hydrogens is 298 g/mol. The van der Waals surface area contributed by atoms with E-state index < -0.39 is 33.0 Å². The van der Waals surface area contributed by atoms with Gasteiger partial charge in [0.15, 0.2) is 0 Å². The Bertz CT molecular complexity index is 571. The Morgan fingerprint density at radius 1 is 1.40 bits per heavy atom. The fourth-order valence-corrected chi connectivity index (χ4v) is 4.03. The molecule has 2 N–H and O–H groups in total. The third kappa shape index (κ3) is 4.97. The predicted octanol–water partition coefficient (Wildman–Crippen LogP) is 1.18. The van der Waals surface area contributed by atoms with Gasteiger partial charge in [0.1, 0.15) is 0 Å². The van der Waals surface area contributed by atoms with E-state index in [0.29, 0.717) is 12.0 Å². The fourth-order valence-electron chi connectivity index (χ4n) is 1.84. The van der Waals surface area contributed by atoms with Gasteiger partial charge in [-0.1, -0.05) is 19.1 Å². The maximum atomic E-state index is 12.2. The van der Waals surface area contributed by atoms with Crippen LogP contribution in [-0.4, -0.2) is 35.8 Å². The summed E-state index contributed by atoms with van der Waals surface area (Å²) in [5.74, 6) is 0.260. The van der Waals surface area contributed by atoms with Crippen molar-refractivity contribution in [3.8, 4) is 0 Å². The lowest BCUT2D eigenvalue weighted by atomic mass is 10.1. The molecule has 0 saturated heterocycles. The molecular formula is C13H21NO4S2. The molecule has 1 aromatic rings. The molecule has 0 aromatic heterocycles. The van der Waals surface area contributed by atoms with E-state index in [2.05, 4.69) is 4.72 Å². The van der Waals surface area contributed by atoms with E-state index in [0.717, 1.165) is 0 Å². The molecule has 0 aliphatic rings. The second-order valence-corrected chi connectivity index (χ2v) is 7.95. The van der Waals surface area contributed by atoms with Gasteiger partial charge in [0.05, 0.1) is 11.0 Å². The topological polar surface area (TPSA) is 83.5 Å². The van der Waals surface area contributed by atoms with E-state index in [-0.39, 0.29) is 10.6 Å². The van der Waals surface area contributed by atoms with Gasteiger partial charge in [0.25, 0.3) is 0 Å². The molecule has 20 heavy (non-hydrogen) atoms. The molecule has 0 heterocycles. The summed E-state index contributed by atoms with van der Waals surface area (Å²) < 4.78 is 38.0. The summed E-state index contributed by atoms with van der Waals surface area (Å²) in [6, 6.07) is 5.82. The average molecular weight is 319 g/mol. The second kappa shape index (κ2) is 7.31. The lowest BCUT2D eigenvalue weighted by Gasteiger charge is -2.14. The van der Waals surface area contributed by atoms with Crippen molar-refractivity contribution in [2.24, 2.45) is 0 Å². The summed E-state index contributed by atoms with van der Waals surface area (Å²) in [4.78, 5) is 0.108. The first-order chi connectivity index (χ1) is 9.26. The van der Waals surface area contributed by atoms with E-state index in [4.69, 9.17) is 0 Å². The Morgan fingerprint density at radius 3 is 2.60 bits per heavy atom. The molecule has 5 nitrogen and oxygen atoms in total. The maximum absolute atomic E-state index is 12.2. The van der Waals surface area contributed by atoms with Crippen molar-refractivity contribution in [1.82, 2.24) is 4.72 Å². The lowest BCUT2D eigenvalue weighted by Crippen LogP contribution is -2.36. The van der Waals surface area contributed by atoms with Crippen LogP contribution in [0.15, 0.2) is 29.2 Å². The van der Waals surface area contributed by atoms with Gasteiger partial charge in [0, 0.05) is 28.9 Å². The van der Waals surface area contributed by atoms with Gasteiger partial charge in [-0.05, 0) is 31.0 Å². The van der Waals surface area contributed by atoms with Crippen molar-refractivity contribution in [2.75, 3.05) is 12.0 Å². The largest absolute Gasteiger partial charge is 0.388 e. The summed E-state index contributed by atoms with van der Waals surface area (Å²) >= 11 is 0. The minimum absolute atomic E-state index is 0.108. The zero-order valence-corrected chi connectivity index (χ0v) is 13.5. The van der Waals surface area contributed by atoms with Crippen molar-refractivity contribution < 1.29 is 17.7 Å². The van der Waals surface area contributed by atoms with E-state index >= 15 is 0 Å². The van der Waals surface area contributed by atoms with Crippen LogP contribution in [-0.2, 0) is 20.8 Å². The van der Waals surface area contributed by atoms with Gasteiger partial charge >= 0.3 is 0 Å². The first kappa shape index (κ1) is 17.3. The Labute approximate surface area is 122 Å². The predicted molar refractivity (Wildman–Crippen MR) is 80.4 cm³/mol. The molecule has 0 aliphatic heterocycles. The summed E-state index contributed by atoms with van der Waals surface area (Å²) in [5, 5.41) is 9.76. The standard InChI is InChI=1S/C13H21NO4S2/c1-4-13(15)11-6-5-7-12(8-11)20(17,18)14-10(2)9-19(3)16/h5-8,10,13-15H,4,9H2,1-3H3. The number of hydrogen-bond acceptors (Lipinski definition) is 4. The van der Waals surface area contributed by atoms with Crippen LogP contribution in [0.25, 0.3) is 0 Å². The molecule has 0 spiro atoms. The second-order valence-electron chi connectivity index (χ2n) is 4.76. The smallest absolute Gasteiger partial charge is 0.240 e. The van der Waals surface area contributed by atoms with Crippen LogP contribution in [0.3, 0.4) is 0 Å². The van der Waals surface area contributed by atoms with Crippen molar-refractivity contribution in [3.05, 3.63) is 29.8 Å². The number of sulfonamides is 1. The van der Waals surface area contributed by atoms with E-state index in [1.165, 1.54) is 18.4 Å². The molecule has 114 valence electrons. The molecule has 0 radical (unpaired) electrons. The quantitative estimate of drug-likeness (QED) is 0.790. The highest BCUT2D eigenvalue weighted by Crippen LogP contribution is 2.20. The molecule has 1 aromatic carbocycles.